The fraction of sp³-hybridized carbons (Fsp3) is 0.583. The molecule has 9 nitrogen and oxygen atoms in total. The molecule has 2 heterocycles. The van der Waals surface area contributed by atoms with Crippen molar-refractivity contribution in [3.8, 4) is 17.4 Å². The van der Waals surface area contributed by atoms with Gasteiger partial charge in [-0.05, 0) is 44.2 Å². The van der Waals surface area contributed by atoms with Gasteiger partial charge in [-0.2, -0.15) is 15.0 Å². The van der Waals surface area contributed by atoms with E-state index in [9.17, 15) is 9.90 Å². The first-order chi connectivity index (χ1) is 15.9. The molecule has 0 spiro atoms. The van der Waals surface area contributed by atoms with Gasteiger partial charge in [-0.25, -0.2) is 0 Å². The molecule has 1 amide bonds. The molecule has 1 saturated heterocycles. The van der Waals surface area contributed by atoms with Gasteiger partial charge in [0.2, 0.25) is 11.9 Å². The van der Waals surface area contributed by atoms with Crippen molar-refractivity contribution in [2.45, 2.75) is 51.4 Å². The number of rotatable bonds is 6. The maximum atomic E-state index is 12.3. The van der Waals surface area contributed by atoms with E-state index in [2.05, 4.69) is 21.8 Å². The summed E-state index contributed by atoms with van der Waals surface area (Å²) in [6, 6.07) is 7.97. The van der Waals surface area contributed by atoms with Crippen LogP contribution in [-0.2, 0) is 16.1 Å². The highest BCUT2D eigenvalue weighted by Gasteiger charge is 2.29. The van der Waals surface area contributed by atoms with Gasteiger partial charge in [0.15, 0.2) is 5.82 Å². The van der Waals surface area contributed by atoms with E-state index in [1.54, 1.807) is 19.0 Å². The molecule has 9 heteroatoms. The van der Waals surface area contributed by atoms with Crippen molar-refractivity contribution in [1.82, 2.24) is 19.9 Å². The minimum absolute atomic E-state index is 0.0369. The number of benzene rings is 1. The molecular formula is C24H33N5O4. The van der Waals surface area contributed by atoms with E-state index >= 15 is 0 Å². The molecule has 2 aromatic rings. The lowest BCUT2D eigenvalue weighted by Gasteiger charge is -2.33. The highest BCUT2D eigenvalue weighted by molar-refractivity contribution is 5.78. The van der Waals surface area contributed by atoms with Gasteiger partial charge in [0.25, 0.3) is 0 Å². The number of aliphatic hydroxyl groups is 1. The molecule has 0 radical (unpaired) electrons. The Bertz CT molecular complexity index is 962. The Morgan fingerprint density at radius 1 is 1.21 bits per heavy atom. The summed E-state index contributed by atoms with van der Waals surface area (Å²) < 4.78 is 11.8. The number of nitrogens with zero attached hydrogens (tertiary/aromatic N) is 5. The van der Waals surface area contributed by atoms with Gasteiger partial charge in [0.1, 0.15) is 6.10 Å². The minimum atomic E-state index is -0.0510. The second-order valence-corrected chi connectivity index (χ2v) is 9.04. The Kier molecular flexibility index (Phi) is 7.39. The van der Waals surface area contributed by atoms with Gasteiger partial charge >= 0.3 is 6.01 Å². The number of aliphatic hydroxyl groups excluding tert-OH is 1. The lowest BCUT2D eigenvalue weighted by atomic mass is 9.86. The zero-order chi connectivity index (χ0) is 23.4. The SMILES string of the molecule is CC1COCCN1c1nc(OC2CCC(C(=O)N(C)C)CC2)nc(-c2cccc(CO)c2)n1. The van der Waals surface area contributed by atoms with E-state index in [1.165, 1.54) is 0 Å². The van der Waals surface area contributed by atoms with Crippen LogP contribution in [-0.4, -0.2) is 76.9 Å². The molecule has 4 rings (SSSR count). The molecule has 1 aromatic heterocycles. The first-order valence-corrected chi connectivity index (χ1v) is 11.6. The number of aromatic nitrogens is 3. The monoisotopic (exact) mass is 455 g/mol. The summed E-state index contributed by atoms with van der Waals surface area (Å²) in [6.45, 7) is 3.95. The van der Waals surface area contributed by atoms with E-state index in [0.29, 0.717) is 37.5 Å². The van der Waals surface area contributed by atoms with Gasteiger partial charge in [-0.15, -0.1) is 0 Å². The summed E-state index contributed by atoms with van der Waals surface area (Å²) in [4.78, 5) is 30.1. The topological polar surface area (TPSA) is 101 Å². The maximum absolute atomic E-state index is 12.3. The normalized spacial score (nSPS) is 23.3. The number of ether oxygens (including phenoxy) is 2. The lowest BCUT2D eigenvalue weighted by molar-refractivity contribution is -0.134. The number of morpholine rings is 1. The lowest BCUT2D eigenvalue weighted by Crippen LogP contribution is -2.44. The third-order valence-corrected chi connectivity index (χ3v) is 6.33. The zero-order valence-electron chi connectivity index (χ0n) is 19.6. The second-order valence-electron chi connectivity index (χ2n) is 9.04. The zero-order valence-corrected chi connectivity index (χ0v) is 19.6. The van der Waals surface area contributed by atoms with Crippen LogP contribution in [0.1, 0.15) is 38.2 Å². The quantitative estimate of drug-likeness (QED) is 0.708. The Morgan fingerprint density at radius 3 is 2.70 bits per heavy atom. The first-order valence-electron chi connectivity index (χ1n) is 11.6. The Labute approximate surface area is 194 Å². The predicted molar refractivity (Wildman–Crippen MR) is 124 cm³/mol. The number of hydrogen-bond donors (Lipinski definition) is 1. The van der Waals surface area contributed by atoms with Crippen LogP contribution >= 0.6 is 0 Å². The fourth-order valence-electron chi connectivity index (χ4n) is 4.43. The molecule has 2 aliphatic rings. The second kappa shape index (κ2) is 10.4. The summed E-state index contributed by atoms with van der Waals surface area (Å²) >= 11 is 0. The first kappa shape index (κ1) is 23.4. The largest absolute Gasteiger partial charge is 0.460 e. The van der Waals surface area contributed by atoms with Crippen LogP contribution in [0.5, 0.6) is 6.01 Å². The van der Waals surface area contributed by atoms with Crippen LogP contribution in [0.25, 0.3) is 11.4 Å². The number of anilines is 1. The standard InChI is InChI=1S/C24H33N5O4/c1-16-15-32-12-11-29(16)23-25-21(19-6-4-5-17(13-19)14-30)26-24(27-23)33-20-9-7-18(8-10-20)22(31)28(2)3/h4-6,13,16,18,20,30H,7-12,14-15H2,1-3H3. The average molecular weight is 456 g/mol. The van der Waals surface area contributed by atoms with Crippen LogP contribution < -0.4 is 9.64 Å². The summed E-state index contributed by atoms with van der Waals surface area (Å²) in [6.07, 6.45) is 3.13. The van der Waals surface area contributed by atoms with Gasteiger partial charge in [0, 0.05) is 32.1 Å². The van der Waals surface area contributed by atoms with Gasteiger partial charge < -0.3 is 24.4 Å². The molecule has 1 aliphatic carbocycles. The van der Waals surface area contributed by atoms with Crippen LogP contribution in [0.4, 0.5) is 5.95 Å². The molecule has 1 N–H and O–H groups in total. The van der Waals surface area contributed by atoms with Crippen LogP contribution in [0.15, 0.2) is 24.3 Å². The van der Waals surface area contributed by atoms with Crippen molar-refractivity contribution < 1.29 is 19.4 Å². The highest BCUT2D eigenvalue weighted by Crippen LogP contribution is 2.29. The molecule has 2 fully saturated rings. The Balaban J connectivity index is 1.58. The molecule has 1 aromatic carbocycles. The average Bonchev–Trinajstić information content (AvgIpc) is 2.84. The summed E-state index contributed by atoms with van der Waals surface area (Å²) in [7, 11) is 3.61. The summed E-state index contributed by atoms with van der Waals surface area (Å²) in [5, 5.41) is 9.54. The molecular weight excluding hydrogens is 422 g/mol. The van der Waals surface area contributed by atoms with Gasteiger partial charge in [-0.1, -0.05) is 18.2 Å². The van der Waals surface area contributed by atoms with Gasteiger partial charge in [0.05, 0.1) is 25.9 Å². The van der Waals surface area contributed by atoms with Crippen molar-refractivity contribution >= 4 is 11.9 Å². The highest BCUT2D eigenvalue weighted by atomic mass is 16.5. The van der Waals surface area contributed by atoms with E-state index in [4.69, 9.17) is 14.5 Å². The molecule has 0 bridgehead atoms. The van der Waals surface area contributed by atoms with Crippen molar-refractivity contribution in [3.63, 3.8) is 0 Å². The molecule has 33 heavy (non-hydrogen) atoms. The van der Waals surface area contributed by atoms with E-state index in [-0.39, 0.29) is 30.6 Å². The number of hydrogen-bond acceptors (Lipinski definition) is 8. The van der Waals surface area contributed by atoms with E-state index in [0.717, 1.165) is 36.8 Å². The molecule has 178 valence electrons. The summed E-state index contributed by atoms with van der Waals surface area (Å²) in [5.41, 5.74) is 1.59. The van der Waals surface area contributed by atoms with Crippen LogP contribution in [0, 0.1) is 5.92 Å². The number of carbonyl (C=O) groups excluding carboxylic acids is 1. The van der Waals surface area contributed by atoms with E-state index in [1.807, 2.05) is 24.3 Å². The van der Waals surface area contributed by atoms with Crippen molar-refractivity contribution in [2.75, 3.05) is 38.8 Å². The predicted octanol–water partition coefficient (Wildman–Crippen LogP) is 2.28. The fourth-order valence-corrected chi connectivity index (χ4v) is 4.43. The third-order valence-electron chi connectivity index (χ3n) is 6.33. The van der Waals surface area contributed by atoms with Crippen LogP contribution in [0.3, 0.4) is 0 Å². The molecule has 1 saturated carbocycles. The summed E-state index contributed by atoms with van der Waals surface area (Å²) in [5.74, 6) is 1.32. The van der Waals surface area contributed by atoms with Crippen molar-refractivity contribution in [1.29, 1.82) is 0 Å². The third kappa shape index (κ3) is 5.59. The minimum Gasteiger partial charge on any atom is -0.460 e. The molecule has 1 aliphatic heterocycles. The Morgan fingerprint density at radius 2 is 2.00 bits per heavy atom. The maximum Gasteiger partial charge on any atom is 0.322 e. The smallest absolute Gasteiger partial charge is 0.322 e. The number of carbonyl (C=O) groups is 1. The van der Waals surface area contributed by atoms with Crippen molar-refractivity contribution in [2.24, 2.45) is 5.92 Å². The van der Waals surface area contributed by atoms with Crippen molar-refractivity contribution in [3.05, 3.63) is 29.8 Å². The Hall–Kier alpha value is -2.78. The number of amides is 1. The van der Waals surface area contributed by atoms with Gasteiger partial charge in [-0.3, -0.25) is 4.79 Å². The van der Waals surface area contributed by atoms with Crippen LogP contribution in [0.2, 0.25) is 0 Å². The molecule has 1 unspecified atom stereocenters. The van der Waals surface area contributed by atoms with E-state index < -0.39 is 0 Å². The molecule has 1 atom stereocenters.